The fourth-order valence-electron chi connectivity index (χ4n) is 2.53. The highest BCUT2D eigenvalue weighted by Crippen LogP contribution is 2.33. The van der Waals surface area contributed by atoms with Gasteiger partial charge in [0.2, 0.25) is 0 Å². The van der Waals surface area contributed by atoms with Crippen LogP contribution in [0, 0.1) is 0 Å². The molecule has 2 N–H and O–H groups in total. The summed E-state index contributed by atoms with van der Waals surface area (Å²) in [7, 11) is 0. The van der Waals surface area contributed by atoms with Gasteiger partial charge in [-0.25, -0.2) is 14.8 Å². The van der Waals surface area contributed by atoms with Crippen molar-refractivity contribution in [3.05, 3.63) is 24.3 Å². The lowest BCUT2D eigenvalue weighted by molar-refractivity contribution is 0.0407. The molecule has 2 fully saturated rings. The van der Waals surface area contributed by atoms with Gasteiger partial charge in [-0.05, 0) is 18.9 Å². The minimum atomic E-state index is -0.358. The van der Waals surface area contributed by atoms with Crippen LogP contribution in [0.3, 0.4) is 0 Å². The number of nitrogens with zero attached hydrogens (tertiary/aromatic N) is 3. The number of nitrogens with two attached hydrogens (primary N) is 1. The summed E-state index contributed by atoms with van der Waals surface area (Å²) < 4.78 is 5.44. The van der Waals surface area contributed by atoms with E-state index in [1.54, 1.807) is 12.3 Å². The van der Waals surface area contributed by atoms with Crippen molar-refractivity contribution >= 4 is 5.97 Å². The molecule has 2 atom stereocenters. The fraction of sp³-hybridized carbons (Fsp3) is 0.615. The Morgan fingerprint density at radius 2 is 2.21 bits per heavy atom. The van der Waals surface area contributed by atoms with Crippen LogP contribution in [0.2, 0.25) is 0 Å². The molecule has 1 aromatic rings. The number of ether oxygens (including phenoxy) is 1. The van der Waals surface area contributed by atoms with Crippen LogP contribution in [-0.4, -0.2) is 52.1 Å². The van der Waals surface area contributed by atoms with E-state index in [9.17, 15) is 4.79 Å². The van der Waals surface area contributed by atoms with E-state index in [1.807, 2.05) is 0 Å². The first-order valence-electron chi connectivity index (χ1n) is 6.70. The average Bonchev–Trinajstić information content (AvgIpc) is 3.20. The molecule has 0 amide bonds. The number of piperidine rings is 1. The number of hydrogen-bond acceptors (Lipinski definition) is 6. The topological polar surface area (TPSA) is 81.3 Å². The summed E-state index contributed by atoms with van der Waals surface area (Å²) >= 11 is 0. The number of likely N-dealkylation sites (tertiary alicyclic amines) is 1. The number of hydrogen-bond donors (Lipinski definition) is 1. The third-order valence-electron chi connectivity index (χ3n) is 3.79. The van der Waals surface area contributed by atoms with Crippen LogP contribution in [-0.2, 0) is 4.74 Å². The van der Waals surface area contributed by atoms with Gasteiger partial charge < -0.3 is 10.5 Å². The summed E-state index contributed by atoms with van der Waals surface area (Å²) in [5.74, 6) is -0.358. The predicted molar refractivity (Wildman–Crippen MR) is 68.4 cm³/mol. The molecule has 1 aromatic heterocycles. The quantitative estimate of drug-likeness (QED) is 0.784. The number of aromatic nitrogens is 2. The maximum absolute atomic E-state index is 11.8. The third-order valence-corrected chi connectivity index (χ3v) is 3.79. The Bertz CT molecular complexity index is 445. The van der Waals surface area contributed by atoms with Crippen molar-refractivity contribution in [1.82, 2.24) is 14.9 Å². The normalized spacial score (nSPS) is 28.1. The number of esters is 1. The molecule has 2 unspecified atom stereocenters. The van der Waals surface area contributed by atoms with Crippen molar-refractivity contribution in [2.75, 3.05) is 13.1 Å². The Kier molecular flexibility index (Phi) is 3.44. The standard InChI is InChI=1S/C13H18N4O2/c14-9-2-5-17(6-3-9)11-7-12(11)19-13(18)10-1-4-15-8-16-10/h1,4,8-9,11-12H,2-3,5-7,14H2. The zero-order valence-corrected chi connectivity index (χ0v) is 10.7. The van der Waals surface area contributed by atoms with E-state index in [0.717, 1.165) is 32.4 Å². The van der Waals surface area contributed by atoms with E-state index in [4.69, 9.17) is 10.5 Å². The van der Waals surface area contributed by atoms with Crippen molar-refractivity contribution in [3.63, 3.8) is 0 Å². The zero-order valence-electron chi connectivity index (χ0n) is 10.7. The molecule has 6 nitrogen and oxygen atoms in total. The molecule has 6 heteroatoms. The number of rotatable bonds is 3. The van der Waals surface area contributed by atoms with E-state index in [1.165, 1.54) is 6.33 Å². The molecule has 1 saturated carbocycles. The summed E-state index contributed by atoms with van der Waals surface area (Å²) in [4.78, 5) is 21.9. The maximum atomic E-state index is 11.8. The highest BCUT2D eigenvalue weighted by atomic mass is 16.6. The Balaban J connectivity index is 1.50. The van der Waals surface area contributed by atoms with Gasteiger partial charge in [0.25, 0.3) is 0 Å². The Labute approximate surface area is 112 Å². The molecule has 0 spiro atoms. The van der Waals surface area contributed by atoms with Crippen LogP contribution in [0.4, 0.5) is 0 Å². The van der Waals surface area contributed by atoms with Crippen LogP contribution in [0.25, 0.3) is 0 Å². The first-order chi connectivity index (χ1) is 9.24. The highest BCUT2D eigenvalue weighted by Gasteiger charge is 2.45. The summed E-state index contributed by atoms with van der Waals surface area (Å²) in [5, 5.41) is 0. The molecule has 2 aliphatic rings. The van der Waals surface area contributed by atoms with Crippen LogP contribution in [0.1, 0.15) is 29.8 Å². The van der Waals surface area contributed by atoms with Gasteiger partial charge in [0.15, 0.2) is 5.69 Å². The Hall–Kier alpha value is -1.53. The highest BCUT2D eigenvalue weighted by molar-refractivity contribution is 5.87. The first-order valence-corrected chi connectivity index (χ1v) is 6.70. The Morgan fingerprint density at radius 1 is 1.42 bits per heavy atom. The second kappa shape index (κ2) is 5.22. The largest absolute Gasteiger partial charge is 0.456 e. The van der Waals surface area contributed by atoms with Gasteiger partial charge >= 0.3 is 5.97 Å². The van der Waals surface area contributed by atoms with Crippen molar-refractivity contribution < 1.29 is 9.53 Å². The maximum Gasteiger partial charge on any atom is 0.357 e. The second-order valence-corrected chi connectivity index (χ2v) is 5.21. The van der Waals surface area contributed by atoms with Crippen molar-refractivity contribution in [3.8, 4) is 0 Å². The lowest BCUT2D eigenvalue weighted by Gasteiger charge is -2.30. The minimum absolute atomic E-state index is 0.0109. The summed E-state index contributed by atoms with van der Waals surface area (Å²) in [6, 6.07) is 2.27. The van der Waals surface area contributed by atoms with Gasteiger partial charge in [0.05, 0.1) is 6.04 Å². The zero-order chi connectivity index (χ0) is 13.2. The van der Waals surface area contributed by atoms with Crippen molar-refractivity contribution in [2.45, 2.75) is 37.5 Å². The van der Waals surface area contributed by atoms with Gasteiger partial charge in [-0.1, -0.05) is 0 Å². The molecule has 0 radical (unpaired) electrons. The fourth-order valence-corrected chi connectivity index (χ4v) is 2.53. The van der Waals surface area contributed by atoms with Crippen molar-refractivity contribution in [1.29, 1.82) is 0 Å². The van der Waals surface area contributed by atoms with E-state index >= 15 is 0 Å². The molecule has 19 heavy (non-hydrogen) atoms. The number of carbonyl (C=O) groups excluding carboxylic acids is 1. The summed E-state index contributed by atoms with van der Waals surface area (Å²) in [6.07, 6.45) is 5.89. The smallest absolute Gasteiger partial charge is 0.357 e. The monoisotopic (exact) mass is 262 g/mol. The van der Waals surface area contributed by atoms with E-state index in [0.29, 0.717) is 17.8 Å². The molecule has 1 aliphatic carbocycles. The molecular weight excluding hydrogens is 244 g/mol. The van der Waals surface area contributed by atoms with Gasteiger partial charge in [-0.3, -0.25) is 4.90 Å². The van der Waals surface area contributed by atoms with E-state index < -0.39 is 0 Å². The first kappa shape index (κ1) is 12.5. The lowest BCUT2D eigenvalue weighted by atomic mass is 10.1. The molecule has 3 rings (SSSR count). The van der Waals surface area contributed by atoms with Crippen molar-refractivity contribution in [2.24, 2.45) is 5.73 Å². The summed E-state index contributed by atoms with van der Waals surface area (Å²) in [5.41, 5.74) is 6.20. The van der Waals surface area contributed by atoms with Crippen LogP contribution in [0.15, 0.2) is 18.6 Å². The second-order valence-electron chi connectivity index (χ2n) is 5.21. The molecule has 1 saturated heterocycles. The van der Waals surface area contributed by atoms with Gasteiger partial charge in [0.1, 0.15) is 12.4 Å². The molecule has 0 bridgehead atoms. The van der Waals surface area contributed by atoms with Gasteiger partial charge in [-0.2, -0.15) is 0 Å². The molecular formula is C13H18N4O2. The van der Waals surface area contributed by atoms with Crippen LogP contribution < -0.4 is 5.73 Å². The predicted octanol–water partition coefficient (Wildman–Crippen LogP) is 0.197. The molecule has 102 valence electrons. The molecule has 2 heterocycles. The minimum Gasteiger partial charge on any atom is -0.456 e. The van der Waals surface area contributed by atoms with Gasteiger partial charge in [0, 0.05) is 31.7 Å². The van der Waals surface area contributed by atoms with Crippen LogP contribution in [0.5, 0.6) is 0 Å². The van der Waals surface area contributed by atoms with E-state index in [2.05, 4.69) is 14.9 Å². The molecule has 1 aliphatic heterocycles. The Morgan fingerprint density at radius 3 is 2.89 bits per heavy atom. The number of carbonyl (C=O) groups is 1. The third kappa shape index (κ3) is 2.90. The molecule has 0 aromatic carbocycles. The lowest BCUT2D eigenvalue weighted by Crippen LogP contribution is -2.41. The summed E-state index contributed by atoms with van der Waals surface area (Å²) in [6.45, 7) is 2.01. The van der Waals surface area contributed by atoms with Gasteiger partial charge in [-0.15, -0.1) is 0 Å². The van der Waals surface area contributed by atoms with E-state index in [-0.39, 0.29) is 12.1 Å². The SMILES string of the molecule is NC1CCN(C2CC2OC(=O)c2ccncn2)CC1. The average molecular weight is 262 g/mol. The van der Waals surface area contributed by atoms with Crippen LogP contribution >= 0.6 is 0 Å².